The van der Waals surface area contributed by atoms with Gasteiger partial charge in [0.2, 0.25) is 6.79 Å². The SMILES string of the molecule is CCOC(=O)/C(C=Nc1ccccc1)=C(/O)c1ccc2c(c1)OCO2. The maximum Gasteiger partial charge on any atom is 0.343 e. The van der Waals surface area contributed by atoms with E-state index in [1.165, 1.54) is 6.21 Å². The van der Waals surface area contributed by atoms with Gasteiger partial charge in [-0.3, -0.25) is 4.99 Å². The van der Waals surface area contributed by atoms with Crippen molar-refractivity contribution in [3.8, 4) is 11.5 Å². The van der Waals surface area contributed by atoms with Crippen LogP contribution in [0.15, 0.2) is 59.1 Å². The number of nitrogens with zero attached hydrogens (tertiary/aromatic N) is 1. The van der Waals surface area contributed by atoms with Gasteiger partial charge >= 0.3 is 5.97 Å². The Hall–Kier alpha value is -3.28. The molecule has 0 atom stereocenters. The highest BCUT2D eigenvalue weighted by Crippen LogP contribution is 2.34. The highest BCUT2D eigenvalue weighted by atomic mass is 16.7. The molecular formula is C19H17NO5. The maximum absolute atomic E-state index is 12.2. The Kier molecular flexibility index (Phi) is 4.99. The second-order valence-electron chi connectivity index (χ2n) is 5.14. The fourth-order valence-corrected chi connectivity index (χ4v) is 2.27. The van der Waals surface area contributed by atoms with Crippen molar-refractivity contribution in [3.63, 3.8) is 0 Å². The molecule has 0 fully saturated rings. The van der Waals surface area contributed by atoms with Crippen molar-refractivity contribution in [1.82, 2.24) is 0 Å². The molecule has 6 nitrogen and oxygen atoms in total. The Labute approximate surface area is 145 Å². The van der Waals surface area contributed by atoms with Gasteiger partial charge in [-0.15, -0.1) is 0 Å². The van der Waals surface area contributed by atoms with Gasteiger partial charge in [-0.05, 0) is 37.3 Å². The Morgan fingerprint density at radius 1 is 1.20 bits per heavy atom. The van der Waals surface area contributed by atoms with Crippen molar-refractivity contribution < 1.29 is 24.1 Å². The van der Waals surface area contributed by atoms with E-state index in [1.807, 2.05) is 18.2 Å². The van der Waals surface area contributed by atoms with Gasteiger partial charge in [0.05, 0.1) is 12.3 Å². The zero-order valence-electron chi connectivity index (χ0n) is 13.6. The van der Waals surface area contributed by atoms with E-state index in [4.69, 9.17) is 14.2 Å². The lowest BCUT2D eigenvalue weighted by Crippen LogP contribution is -2.11. The Balaban J connectivity index is 1.98. The zero-order valence-corrected chi connectivity index (χ0v) is 13.6. The first-order valence-corrected chi connectivity index (χ1v) is 7.78. The van der Waals surface area contributed by atoms with E-state index < -0.39 is 5.97 Å². The van der Waals surface area contributed by atoms with Crippen LogP contribution >= 0.6 is 0 Å². The average molecular weight is 339 g/mol. The number of carbonyl (C=O) groups is 1. The summed E-state index contributed by atoms with van der Waals surface area (Å²) in [6.45, 7) is 2.01. The van der Waals surface area contributed by atoms with E-state index in [-0.39, 0.29) is 24.7 Å². The first kappa shape index (κ1) is 16.6. The number of fused-ring (bicyclic) bond motifs is 1. The minimum Gasteiger partial charge on any atom is -0.506 e. The summed E-state index contributed by atoms with van der Waals surface area (Å²) in [7, 11) is 0. The summed E-state index contributed by atoms with van der Waals surface area (Å²) in [5.74, 6) is 0.202. The minimum atomic E-state index is -0.655. The number of aliphatic hydroxyl groups is 1. The van der Waals surface area contributed by atoms with Gasteiger partial charge in [0.1, 0.15) is 11.3 Å². The maximum atomic E-state index is 12.2. The minimum absolute atomic E-state index is 0.0374. The second-order valence-corrected chi connectivity index (χ2v) is 5.14. The molecule has 2 aromatic carbocycles. The van der Waals surface area contributed by atoms with Crippen molar-refractivity contribution in [2.24, 2.45) is 4.99 Å². The summed E-state index contributed by atoms with van der Waals surface area (Å²) < 4.78 is 15.6. The summed E-state index contributed by atoms with van der Waals surface area (Å²) in [6, 6.07) is 14.0. The van der Waals surface area contributed by atoms with Crippen LogP contribution in [0.1, 0.15) is 12.5 Å². The molecule has 3 rings (SSSR count). The molecule has 2 aromatic rings. The number of carbonyl (C=O) groups excluding carboxylic acids is 1. The molecule has 128 valence electrons. The summed E-state index contributed by atoms with van der Waals surface area (Å²) in [5.41, 5.74) is 1.03. The molecular weight excluding hydrogens is 322 g/mol. The average Bonchev–Trinajstić information content (AvgIpc) is 3.10. The number of para-hydroxylation sites is 1. The number of aliphatic imine (C=N–C) groups is 1. The molecule has 0 bridgehead atoms. The molecule has 0 saturated carbocycles. The fourth-order valence-electron chi connectivity index (χ4n) is 2.27. The molecule has 0 unspecified atom stereocenters. The third-order valence-electron chi connectivity index (χ3n) is 3.50. The van der Waals surface area contributed by atoms with Gasteiger partial charge < -0.3 is 19.3 Å². The van der Waals surface area contributed by atoms with Crippen LogP contribution in [-0.2, 0) is 9.53 Å². The molecule has 25 heavy (non-hydrogen) atoms. The summed E-state index contributed by atoms with van der Waals surface area (Å²) in [4.78, 5) is 16.5. The number of esters is 1. The number of rotatable bonds is 5. The quantitative estimate of drug-likeness (QED) is 0.389. The smallest absolute Gasteiger partial charge is 0.343 e. The molecule has 1 N–H and O–H groups in total. The lowest BCUT2D eigenvalue weighted by atomic mass is 10.1. The van der Waals surface area contributed by atoms with Gasteiger partial charge in [0.25, 0.3) is 0 Å². The fraction of sp³-hybridized carbons (Fsp3) is 0.158. The molecule has 1 heterocycles. The second kappa shape index (κ2) is 7.53. The van der Waals surface area contributed by atoms with Crippen LogP contribution in [0.2, 0.25) is 0 Å². The first-order chi connectivity index (χ1) is 12.2. The standard InChI is InChI=1S/C19H17NO5/c1-2-23-19(22)15(11-20-14-6-4-3-5-7-14)18(21)13-8-9-16-17(10-13)25-12-24-16/h3-11,21H,2,12H2,1H3/b18-15+,20-11?. The van der Waals surface area contributed by atoms with Crippen LogP contribution < -0.4 is 9.47 Å². The number of benzene rings is 2. The number of hydrogen-bond donors (Lipinski definition) is 1. The normalized spacial score (nSPS) is 13.6. The largest absolute Gasteiger partial charge is 0.506 e. The topological polar surface area (TPSA) is 77.4 Å². The van der Waals surface area contributed by atoms with E-state index in [9.17, 15) is 9.90 Å². The predicted octanol–water partition coefficient (Wildman–Crippen LogP) is 3.65. The lowest BCUT2D eigenvalue weighted by Gasteiger charge is -2.07. The molecule has 0 saturated heterocycles. The first-order valence-electron chi connectivity index (χ1n) is 7.78. The van der Waals surface area contributed by atoms with E-state index in [0.717, 1.165) is 0 Å². The number of ether oxygens (including phenoxy) is 3. The van der Waals surface area contributed by atoms with Crippen LogP contribution in [0.4, 0.5) is 5.69 Å². The van der Waals surface area contributed by atoms with Gasteiger partial charge in [0, 0.05) is 11.8 Å². The zero-order chi connectivity index (χ0) is 17.6. The molecule has 6 heteroatoms. The van der Waals surface area contributed by atoms with Crippen LogP contribution in [0.5, 0.6) is 11.5 Å². The molecule has 0 spiro atoms. The van der Waals surface area contributed by atoms with Crippen molar-refractivity contribution >= 4 is 23.6 Å². The molecule has 0 aromatic heterocycles. The number of aliphatic hydroxyl groups excluding tert-OH is 1. The van der Waals surface area contributed by atoms with Crippen LogP contribution in [0.3, 0.4) is 0 Å². The number of hydrogen-bond acceptors (Lipinski definition) is 6. The van der Waals surface area contributed by atoms with Crippen LogP contribution in [-0.4, -0.2) is 30.7 Å². The van der Waals surface area contributed by atoms with E-state index in [2.05, 4.69) is 4.99 Å². The summed E-state index contributed by atoms with van der Waals surface area (Å²) in [6.07, 6.45) is 1.30. The van der Waals surface area contributed by atoms with Crippen molar-refractivity contribution in [2.45, 2.75) is 6.92 Å². The highest BCUT2D eigenvalue weighted by molar-refractivity contribution is 6.15. The Bertz CT molecular complexity index is 827. The van der Waals surface area contributed by atoms with Gasteiger partial charge in [-0.25, -0.2) is 4.79 Å². The summed E-state index contributed by atoms with van der Waals surface area (Å²) in [5, 5.41) is 10.6. The van der Waals surface area contributed by atoms with Gasteiger partial charge in [-0.1, -0.05) is 18.2 Å². The van der Waals surface area contributed by atoms with Crippen molar-refractivity contribution in [3.05, 3.63) is 59.7 Å². The van der Waals surface area contributed by atoms with E-state index >= 15 is 0 Å². The van der Waals surface area contributed by atoms with Crippen molar-refractivity contribution in [1.29, 1.82) is 0 Å². The molecule has 0 radical (unpaired) electrons. The molecule has 1 aliphatic rings. The predicted molar refractivity (Wildman–Crippen MR) is 93.3 cm³/mol. The van der Waals surface area contributed by atoms with Crippen LogP contribution in [0.25, 0.3) is 5.76 Å². The molecule has 1 aliphatic heterocycles. The van der Waals surface area contributed by atoms with E-state index in [1.54, 1.807) is 37.3 Å². The Morgan fingerprint density at radius 3 is 2.72 bits per heavy atom. The van der Waals surface area contributed by atoms with E-state index in [0.29, 0.717) is 22.7 Å². The van der Waals surface area contributed by atoms with Crippen molar-refractivity contribution in [2.75, 3.05) is 13.4 Å². The molecule has 0 aliphatic carbocycles. The Morgan fingerprint density at radius 2 is 1.96 bits per heavy atom. The monoisotopic (exact) mass is 339 g/mol. The van der Waals surface area contributed by atoms with Gasteiger partial charge in [0.15, 0.2) is 11.5 Å². The highest BCUT2D eigenvalue weighted by Gasteiger charge is 2.19. The third kappa shape index (κ3) is 3.80. The molecule has 0 amide bonds. The van der Waals surface area contributed by atoms with Crippen LogP contribution in [0, 0.1) is 0 Å². The summed E-state index contributed by atoms with van der Waals surface area (Å²) >= 11 is 0. The lowest BCUT2D eigenvalue weighted by molar-refractivity contribution is -0.137. The van der Waals surface area contributed by atoms with Gasteiger partial charge in [-0.2, -0.15) is 0 Å². The third-order valence-corrected chi connectivity index (χ3v) is 3.50.